The molecule has 2 heterocycles. The van der Waals surface area contributed by atoms with E-state index in [9.17, 15) is 13.2 Å². The first-order chi connectivity index (χ1) is 13.4. The number of methoxy groups -OCH3 is 1. The molecule has 1 aromatic carbocycles. The predicted molar refractivity (Wildman–Crippen MR) is 107 cm³/mol. The van der Waals surface area contributed by atoms with Crippen molar-refractivity contribution < 1.29 is 17.9 Å². The maximum atomic E-state index is 12.3. The lowest BCUT2D eigenvalue weighted by Gasteiger charge is -2.40. The fourth-order valence-electron chi connectivity index (χ4n) is 3.68. The van der Waals surface area contributed by atoms with Crippen molar-refractivity contribution in [3.8, 4) is 11.1 Å². The third-order valence-corrected chi connectivity index (χ3v) is 5.63. The van der Waals surface area contributed by atoms with E-state index in [1.54, 1.807) is 11.1 Å². The lowest BCUT2D eigenvalue weighted by molar-refractivity contribution is 0.0789. The van der Waals surface area contributed by atoms with Gasteiger partial charge in [0.1, 0.15) is 0 Å². The molecule has 1 aromatic heterocycles. The fraction of sp³-hybridized carbons (Fsp3) is 0.400. The number of sulfonamides is 1. The summed E-state index contributed by atoms with van der Waals surface area (Å²) in [7, 11) is -2.07. The van der Waals surface area contributed by atoms with Gasteiger partial charge in [0, 0.05) is 30.9 Å². The van der Waals surface area contributed by atoms with Gasteiger partial charge in [-0.1, -0.05) is 30.3 Å². The number of carbonyl (C=O) groups excluding carboxylic acids is 1. The highest BCUT2D eigenvalue weighted by Gasteiger charge is 2.36. The maximum absolute atomic E-state index is 12.3. The summed E-state index contributed by atoms with van der Waals surface area (Å²) >= 11 is 0. The lowest BCUT2D eigenvalue weighted by atomic mass is 9.92. The Labute approximate surface area is 165 Å². The number of aromatic nitrogens is 1. The van der Waals surface area contributed by atoms with Gasteiger partial charge >= 0.3 is 6.09 Å². The summed E-state index contributed by atoms with van der Waals surface area (Å²) in [6, 6.07) is 13.1. The number of hydrogen-bond donors (Lipinski definition) is 1. The van der Waals surface area contributed by atoms with Crippen molar-refractivity contribution in [2.45, 2.75) is 31.3 Å². The van der Waals surface area contributed by atoms with Crippen molar-refractivity contribution in [3.05, 3.63) is 54.4 Å². The Morgan fingerprint density at radius 3 is 2.68 bits per heavy atom. The number of pyridine rings is 1. The monoisotopic (exact) mass is 403 g/mol. The summed E-state index contributed by atoms with van der Waals surface area (Å²) in [6.45, 7) is 0.525. The van der Waals surface area contributed by atoms with Crippen LogP contribution in [0.5, 0.6) is 0 Å². The van der Waals surface area contributed by atoms with Gasteiger partial charge in [-0.15, -0.1) is 0 Å². The Bertz CT molecular complexity index is 918. The minimum Gasteiger partial charge on any atom is -0.453 e. The number of nitrogens with zero attached hydrogens (tertiary/aromatic N) is 2. The Kier molecular flexibility index (Phi) is 6.31. The zero-order valence-corrected chi connectivity index (χ0v) is 16.9. The zero-order chi connectivity index (χ0) is 20.1. The first-order valence-corrected chi connectivity index (χ1v) is 11.1. The highest BCUT2D eigenvalue weighted by atomic mass is 32.2. The van der Waals surface area contributed by atoms with Gasteiger partial charge in [0.15, 0.2) is 0 Å². The molecular weight excluding hydrogens is 378 g/mol. The Morgan fingerprint density at radius 1 is 1.25 bits per heavy atom. The van der Waals surface area contributed by atoms with Crippen LogP contribution < -0.4 is 4.72 Å². The van der Waals surface area contributed by atoms with Crippen molar-refractivity contribution >= 4 is 16.1 Å². The van der Waals surface area contributed by atoms with E-state index >= 15 is 0 Å². The standard InChI is InChI=1S/C20H25N3O4S/c1-27-20(24)23-12-6-9-18(22-28(2,25)26)19(23)14-17-13-16(10-11-21-17)15-7-4-3-5-8-15/h3-5,7-8,10-11,13,18-19,22H,6,9,12,14H2,1-2H3/t18-,19-/m1/s1. The van der Waals surface area contributed by atoms with Gasteiger partial charge in [-0.05, 0) is 36.1 Å². The SMILES string of the molecule is COC(=O)N1CCC[C@@H](NS(C)(=O)=O)[C@H]1Cc1cc(-c2ccccc2)ccn1. The highest BCUT2D eigenvalue weighted by Crippen LogP contribution is 2.24. The van der Waals surface area contributed by atoms with E-state index in [1.807, 2.05) is 42.5 Å². The molecule has 1 fully saturated rings. The molecule has 0 aliphatic carbocycles. The van der Waals surface area contributed by atoms with Gasteiger partial charge in [0.05, 0.1) is 19.4 Å². The van der Waals surface area contributed by atoms with Crippen LogP contribution in [0.4, 0.5) is 4.79 Å². The van der Waals surface area contributed by atoms with Gasteiger partial charge in [0.2, 0.25) is 10.0 Å². The molecule has 0 unspecified atom stereocenters. The molecule has 1 N–H and O–H groups in total. The van der Waals surface area contributed by atoms with Crippen LogP contribution in [0.3, 0.4) is 0 Å². The number of amides is 1. The molecule has 0 radical (unpaired) electrons. The van der Waals surface area contributed by atoms with E-state index in [4.69, 9.17) is 4.74 Å². The molecule has 8 heteroatoms. The number of nitrogens with one attached hydrogen (secondary N) is 1. The van der Waals surface area contributed by atoms with Crippen molar-refractivity contribution in [1.82, 2.24) is 14.6 Å². The van der Waals surface area contributed by atoms with Crippen LogP contribution in [0.25, 0.3) is 11.1 Å². The van der Waals surface area contributed by atoms with E-state index in [1.165, 1.54) is 7.11 Å². The Balaban J connectivity index is 1.89. The van der Waals surface area contributed by atoms with Gasteiger partial charge < -0.3 is 9.64 Å². The van der Waals surface area contributed by atoms with Crippen LogP contribution in [0, 0.1) is 0 Å². The highest BCUT2D eigenvalue weighted by molar-refractivity contribution is 7.88. The van der Waals surface area contributed by atoms with Crippen LogP contribution in [0.1, 0.15) is 18.5 Å². The second-order valence-electron chi connectivity index (χ2n) is 6.98. The van der Waals surface area contributed by atoms with Gasteiger partial charge in [-0.25, -0.2) is 17.9 Å². The van der Waals surface area contributed by atoms with Gasteiger partial charge in [-0.2, -0.15) is 0 Å². The van der Waals surface area contributed by atoms with E-state index in [-0.39, 0.29) is 12.1 Å². The van der Waals surface area contributed by atoms with Crippen molar-refractivity contribution in [1.29, 1.82) is 0 Å². The first kappa shape index (κ1) is 20.3. The quantitative estimate of drug-likeness (QED) is 0.828. The first-order valence-electron chi connectivity index (χ1n) is 9.19. The fourth-order valence-corrected chi connectivity index (χ4v) is 4.50. The third kappa shape index (κ3) is 5.08. The van der Waals surface area contributed by atoms with E-state index in [0.29, 0.717) is 25.8 Å². The molecule has 0 bridgehead atoms. The summed E-state index contributed by atoms with van der Waals surface area (Å²) in [5, 5.41) is 0. The molecule has 2 atom stereocenters. The van der Waals surface area contributed by atoms with Crippen molar-refractivity contribution in [3.63, 3.8) is 0 Å². The maximum Gasteiger partial charge on any atom is 0.409 e. The molecular formula is C20H25N3O4S. The molecule has 150 valence electrons. The summed E-state index contributed by atoms with van der Waals surface area (Å²) in [5.41, 5.74) is 2.89. The van der Waals surface area contributed by atoms with E-state index in [2.05, 4.69) is 9.71 Å². The van der Waals surface area contributed by atoms with Crippen molar-refractivity contribution in [2.24, 2.45) is 0 Å². The number of benzene rings is 1. The molecule has 3 rings (SSSR count). The lowest BCUT2D eigenvalue weighted by Crippen LogP contribution is -2.57. The van der Waals surface area contributed by atoms with E-state index in [0.717, 1.165) is 23.1 Å². The van der Waals surface area contributed by atoms with Crippen LogP contribution in [-0.2, 0) is 21.2 Å². The van der Waals surface area contributed by atoms with Gasteiger partial charge in [-0.3, -0.25) is 4.98 Å². The molecule has 1 saturated heterocycles. The second kappa shape index (κ2) is 8.70. The second-order valence-corrected chi connectivity index (χ2v) is 8.76. The molecule has 1 aliphatic rings. The van der Waals surface area contributed by atoms with Crippen LogP contribution in [0.2, 0.25) is 0 Å². The third-order valence-electron chi connectivity index (χ3n) is 4.90. The van der Waals surface area contributed by atoms with Crippen LogP contribution in [-0.4, -0.2) is 56.4 Å². The number of ether oxygens (including phenoxy) is 1. The minimum absolute atomic E-state index is 0.366. The molecule has 2 aromatic rings. The minimum atomic E-state index is -3.41. The van der Waals surface area contributed by atoms with Gasteiger partial charge in [0.25, 0.3) is 0 Å². The van der Waals surface area contributed by atoms with Crippen LogP contribution in [0.15, 0.2) is 48.7 Å². The molecule has 1 aliphatic heterocycles. The summed E-state index contributed by atoms with van der Waals surface area (Å²) < 4.78 is 31.2. The normalized spacial score (nSPS) is 20.0. The Hall–Kier alpha value is -2.45. The Morgan fingerprint density at radius 2 is 2.00 bits per heavy atom. The predicted octanol–water partition coefficient (Wildman–Crippen LogP) is 2.44. The number of rotatable bonds is 5. The number of hydrogen-bond acceptors (Lipinski definition) is 5. The zero-order valence-electron chi connectivity index (χ0n) is 16.0. The smallest absolute Gasteiger partial charge is 0.409 e. The number of likely N-dealkylation sites (tertiary alicyclic amines) is 1. The number of piperidine rings is 1. The summed E-state index contributed by atoms with van der Waals surface area (Å²) in [6.07, 6.45) is 4.21. The summed E-state index contributed by atoms with van der Waals surface area (Å²) in [5.74, 6) is 0. The number of carbonyl (C=O) groups is 1. The van der Waals surface area contributed by atoms with E-state index < -0.39 is 16.1 Å². The molecule has 28 heavy (non-hydrogen) atoms. The average molecular weight is 404 g/mol. The topological polar surface area (TPSA) is 88.6 Å². The molecule has 0 spiro atoms. The largest absolute Gasteiger partial charge is 0.453 e. The van der Waals surface area contributed by atoms with Crippen molar-refractivity contribution in [2.75, 3.05) is 19.9 Å². The summed E-state index contributed by atoms with van der Waals surface area (Å²) in [4.78, 5) is 18.3. The molecule has 1 amide bonds. The molecule has 7 nitrogen and oxygen atoms in total. The average Bonchev–Trinajstić information content (AvgIpc) is 2.68. The molecule has 0 saturated carbocycles. The van der Waals surface area contributed by atoms with Crippen LogP contribution >= 0.6 is 0 Å².